The van der Waals surface area contributed by atoms with Gasteiger partial charge >= 0.3 is 0 Å². The van der Waals surface area contributed by atoms with Gasteiger partial charge in [-0.25, -0.2) is 4.52 Å². The molecule has 2 aromatic carbocycles. The fraction of sp³-hybridized carbons (Fsp3) is 0.227. The number of hydrogen-bond acceptors (Lipinski definition) is 5. The number of rotatable bonds is 4. The fourth-order valence-corrected chi connectivity index (χ4v) is 3.89. The average molecular weight is 404 g/mol. The van der Waals surface area contributed by atoms with Crippen LogP contribution in [0.25, 0.3) is 16.6 Å². The number of nitrogens with one attached hydrogen (secondary N) is 1. The van der Waals surface area contributed by atoms with Crippen molar-refractivity contribution < 1.29 is 14.3 Å². The van der Waals surface area contributed by atoms with Crippen molar-refractivity contribution in [3.63, 3.8) is 0 Å². The second-order valence-corrected chi connectivity index (χ2v) is 7.31. The van der Waals surface area contributed by atoms with Gasteiger partial charge in [-0.05, 0) is 43.7 Å². The summed E-state index contributed by atoms with van der Waals surface area (Å²) in [6, 6.07) is 14.2. The summed E-state index contributed by atoms with van der Waals surface area (Å²) in [4.78, 5) is 29.2. The summed E-state index contributed by atoms with van der Waals surface area (Å²) in [6.45, 7) is 4.25. The molecule has 1 amide bonds. The number of fused-ring (bicyclic) bond motifs is 4. The van der Waals surface area contributed by atoms with Crippen LogP contribution in [0.3, 0.4) is 0 Å². The van der Waals surface area contributed by atoms with Gasteiger partial charge < -0.3 is 14.8 Å². The molecule has 3 heterocycles. The third-order valence-electron chi connectivity index (χ3n) is 5.34. The predicted octanol–water partition coefficient (Wildman–Crippen LogP) is 2.56. The molecule has 1 N–H and O–H groups in total. The summed E-state index contributed by atoms with van der Waals surface area (Å²) in [5.74, 6) is 1.25. The van der Waals surface area contributed by atoms with Crippen molar-refractivity contribution in [3.8, 4) is 11.5 Å². The van der Waals surface area contributed by atoms with E-state index >= 15 is 0 Å². The molecule has 0 bridgehead atoms. The minimum Gasteiger partial charge on any atom is -0.454 e. The number of hydrogen-bond donors (Lipinski definition) is 1. The van der Waals surface area contributed by atoms with Crippen LogP contribution >= 0.6 is 0 Å². The van der Waals surface area contributed by atoms with Crippen LogP contribution in [0.1, 0.15) is 24.2 Å². The summed E-state index contributed by atoms with van der Waals surface area (Å²) in [5, 5.41) is 3.81. The van der Waals surface area contributed by atoms with E-state index in [1.165, 1.54) is 6.07 Å². The number of amides is 1. The number of carbonyl (C=O) groups excluding carboxylic acids is 1. The lowest BCUT2D eigenvalue weighted by atomic mass is 10.2. The normalized spacial score (nSPS) is 13.7. The van der Waals surface area contributed by atoms with Crippen molar-refractivity contribution in [2.24, 2.45) is 0 Å². The van der Waals surface area contributed by atoms with Crippen molar-refractivity contribution in [2.75, 3.05) is 6.79 Å². The van der Waals surface area contributed by atoms with E-state index < -0.39 is 6.04 Å². The van der Waals surface area contributed by atoms with E-state index in [0.29, 0.717) is 23.7 Å². The second kappa shape index (κ2) is 6.91. The van der Waals surface area contributed by atoms with Crippen LogP contribution < -0.4 is 20.3 Å². The van der Waals surface area contributed by atoms with E-state index in [2.05, 4.69) is 10.3 Å². The maximum absolute atomic E-state index is 13.0. The molecule has 8 nitrogen and oxygen atoms in total. The highest BCUT2D eigenvalue weighted by Crippen LogP contribution is 2.32. The molecular weight excluding hydrogens is 384 g/mol. The van der Waals surface area contributed by atoms with Gasteiger partial charge in [-0.3, -0.25) is 14.3 Å². The lowest BCUT2D eigenvalue weighted by Crippen LogP contribution is -2.32. The zero-order chi connectivity index (χ0) is 20.8. The molecule has 1 aliphatic rings. The van der Waals surface area contributed by atoms with Gasteiger partial charge in [0.2, 0.25) is 12.7 Å². The minimum atomic E-state index is -0.524. The molecule has 0 spiro atoms. The van der Waals surface area contributed by atoms with Gasteiger partial charge in [0.05, 0.1) is 5.52 Å². The van der Waals surface area contributed by atoms with Crippen molar-refractivity contribution in [1.29, 1.82) is 0 Å². The first-order valence-corrected chi connectivity index (χ1v) is 9.69. The summed E-state index contributed by atoms with van der Waals surface area (Å²) in [7, 11) is 0. The SMILES string of the molecule is Cc1cc(=O)nc2c3ccccc3n([C@H](C)C(=O)NCc3ccc4c(c3)OCO4)n12. The largest absolute Gasteiger partial charge is 0.454 e. The van der Waals surface area contributed by atoms with Crippen LogP contribution in [0.4, 0.5) is 0 Å². The minimum absolute atomic E-state index is 0.145. The number of benzene rings is 2. The van der Waals surface area contributed by atoms with Crippen LogP contribution in [-0.4, -0.2) is 26.9 Å². The third kappa shape index (κ3) is 2.88. The van der Waals surface area contributed by atoms with Crippen LogP contribution in [0.15, 0.2) is 53.3 Å². The molecule has 1 aliphatic heterocycles. The van der Waals surface area contributed by atoms with Crippen LogP contribution in [0.2, 0.25) is 0 Å². The fourth-order valence-electron chi connectivity index (χ4n) is 3.89. The molecule has 0 unspecified atom stereocenters. The van der Waals surface area contributed by atoms with Gasteiger partial charge in [0.15, 0.2) is 17.1 Å². The van der Waals surface area contributed by atoms with E-state index in [9.17, 15) is 9.59 Å². The van der Waals surface area contributed by atoms with Crippen LogP contribution in [0.5, 0.6) is 11.5 Å². The maximum atomic E-state index is 13.0. The Hall–Kier alpha value is -3.81. The topological polar surface area (TPSA) is 86.9 Å². The van der Waals surface area contributed by atoms with Crippen LogP contribution in [-0.2, 0) is 11.3 Å². The van der Waals surface area contributed by atoms with Gasteiger partial charge in [0.1, 0.15) is 6.04 Å². The van der Waals surface area contributed by atoms with Crippen molar-refractivity contribution in [3.05, 3.63) is 70.1 Å². The molecule has 0 fully saturated rings. The number of para-hydroxylation sites is 1. The molecule has 0 saturated heterocycles. The lowest BCUT2D eigenvalue weighted by Gasteiger charge is -2.18. The van der Waals surface area contributed by atoms with Gasteiger partial charge in [-0.15, -0.1) is 0 Å². The van der Waals surface area contributed by atoms with E-state index in [1.54, 1.807) is 0 Å². The molecule has 30 heavy (non-hydrogen) atoms. The van der Waals surface area contributed by atoms with Crippen LogP contribution in [0, 0.1) is 6.92 Å². The Labute approximate surface area is 171 Å². The molecular formula is C22H20N4O4. The van der Waals surface area contributed by atoms with E-state index in [1.807, 2.05) is 65.5 Å². The number of aryl methyl sites for hydroxylation is 1. The Morgan fingerprint density at radius 2 is 1.97 bits per heavy atom. The molecule has 0 saturated carbocycles. The van der Waals surface area contributed by atoms with E-state index in [0.717, 1.165) is 22.2 Å². The third-order valence-corrected chi connectivity index (χ3v) is 5.34. The molecule has 8 heteroatoms. The number of aromatic nitrogens is 3. The highest BCUT2D eigenvalue weighted by atomic mass is 16.7. The number of nitrogens with zero attached hydrogens (tertiary/aromatic N) is 3. The summed E-state index contributed by atoms with van der Waals surface area (Å²) in [6.07, 6.45) is 0. The smallest absolute Gasteiger partial charge is 0.273 e. The average Bonchev–Trinajstić information content (AvgIpc) is 3.33. The Morgan fingerprint density at radius 3 is 2.83 bits per heavy atom. The molecule has 5 rings (SSSR count). The summed E-state index contributed by atoms with van der Waals surface area (Å²) >= 11 is 0. The Kier molecular flexibility index (Phi) is 4.20. The first-order valence-electron chi connectivity index (χ1n) is 9.69. The Balaban J connectivity index is 1.48. The lowest BCUT2D eigenvalue weighted by molar-refractivity contribution is -0.124. The zero-order valence-electron chi connectivity index (χ0n) is 16.6. The zero-order valence-corrected chi connectivity index (χ0v) is 16.6. The molecule has 2 aromatic heterocycles. The van der Waals surface area contributed by atoms with Crippen molar-refractivity contribution in [2.45, 2.75) is 26.4 Å². The monoisotopic (exact) mass is 404 g/mol. The molecule has 0 aliphatic carbocycles. The Morgan fingerprint density at radius 1 is 1.17 bits per heavy atom. The standard InChI is InChI=1S/C22H20N4O4/c1-13-9-20(27)24-21-16-5-3-4-6-17(16)26(25(13)21)14(2)22(28)23-11-15-7-8-18-19(10-15)30-12-29-18/h3-10,14H,11-12H2,1-2H3,(H,23,28)/t14-/m1/s1. The first kappa shape index (κ1) is 18.2. The van der Waals surface area contributed by atoms with Gasteiger partial charge in [0.25, 0.3) is 5.56 Å². The maximum Gasteiger partial charge on any atom is 0.273 e. The highest BCUT2D eigenvalue weighted by Gasteiger charge is 2.22. The van der Waals surface area contributed by atoms with E-state index in [4.69, 9.17) is 9.47 Å². The Bertz CT molecular complexity index is 1350. The molecule has 152 valence electrons. The predicted molar refractivity (Wildman–Crippen MR) is 111 cm³/mol. The first-order chi connectivity index (χ1) is 14.5. The number of carbonyl (C=O) groups is 1. The van der Waals surface area contributed by atoms with Gasteiger partial charge in [0, 0.05) is 23.7 Å². The van der Waals surface area contributed by atoms with Crippen molar-refractivity contribution in [1.82, 2.24) is 19.5 Å². The summed E-state index contributed by atoms with van der Waals surface area (Å²) < 4.78 is 14.4. The molecule has 0 radical (unpaired) electrons. The van der Waals surface area contributed by atoms with E-state index in [-0.39, 0.29) is 18.3 Å². The summed E-state index contributed by atoms with van der Waals surface area (Å²) in [5.41, 5.74) is 2.73. The van der Waals surface area contributed by atoms with Gasteiger partial charge in [-0.2, -0.15) is 4.98 Å². The highest BCUT2D eigenvalue weighted by molar-refractivity contribution is 5.94. The number of ether oxygens (including phenoxy) is 2. The second-order valence-electron chi connectivity index (χ2n) is 7.31. The molecule has 4 aromatic rings. The van der Waals surface area contributed by atoms with Gasteiger partial charge in [-0.1, -0.05) is 18.2 Å². The van der Waals surface area contributed by atoms with Crippen molar-refractivity contribution >= 4 is 22.5 Å². The molecule has 1 atom stereocenters. The quantitative estimate of drug-likeness (QED) is 0.565.